The molecule has 0 radical (unpaired) electrons. The van der Waals surface area contributed by atoms with Gasteiger partial charge in [0.15, 0.2) is 0 Å². The van der Waals surface area contributed by atoms with E-state index in [1.54, 1.807) is 25.3 Å². The molecule has 2 aromatic heterocycles. The van der Waals surface area contributed by atoms with E-state index >= 15 is 0 Å². The number of nitrogens with zero attached hydrogens (tertiary/aromatic N) is 1. The van der Waals surface area contributed by atoms with Crippen molar-refractivity contribution < 1.29 is 9.21 Å². The molecule has 0 atom stereocenters. The molecule has 4 nitrogen and oxygen atoms in total. The highest BCUT2D eigenvalue weighted by Gasteiger charge is 2.18. The van der Waals surface area contributed by atoms with E-state index in [1.807, 2.05) is 36.4 Å². The summed E-state index contributed by atoms with van der Waals surface area (Å²) in [4.78, 5) is 16.2. The molecular weight excluding hydrogens is 264 g/mol. The first-order chi connectivity index (χ1) is 10.2. The van der Waals surface area contributed by atoms with Gasteiger partial charge in [-0.3, -0.25) is 9.78 Å². The summed E-state index contributed by atoms with van der Waals surface area (Å²) in [7, 11) is 0. The van der Waals surface area contributed by atoms with E-state index < -0.39 is 5.91 Å². The van der Waals surface area contributed by atoms with Crippen LogP contribution in [0.4, 0.5) is 0 Å². The van der Waals surface area contributed by atoms with E-state index in [9.17, 15) is 4.79 Å². The number of hydrogen-bond donors (Lipinski definition) is 1. The van der Waals surface area contributed by atoms with Crippen molar-refractivity contribution in [1.29, 1.82) is 0 Å². The zero-order valence-electron chi connectivity index (χ0n) is 11.5. The third kappa shape index (κ3) is 2.43. The highest BCUT2D eigenvalue weighted by Crippen LogP contribution is 2.30. The van der Waals surface area contributed by atoms with Crippen molar-refractivity contribution in [3.63, 3.8) is 0 Å². The molecule has 2 heterocycles. The van der Waals surface area contributed by atoms with Crippen molar-refractivity contribution in [2.45, 2.75) is 6.92 Å². The van der Waals surface area contributed by atoms with Gasteiger partial charge in [0.1, 0.15) is 5.76 Å². The van der Waals surface area contributed by atoms with Gasteiger partial charge in [0, 0.05) is 11.1 Å². The Morgan fingerprint density at radius 2 is 1.90 bits per heavy atom. The quantitative estimate of drug-likeness (QED) is 0.798. The molecule has 0 aliphatic rings. The predicted octanol–water partition coefficient (Wildman–Crippen LogP) is 3.42. The number of benzene rings is 1. The van der Waals surface area contributed by atoms with Gasteiger partial charge in [0.25, 0.3) is 5.91 Å². The molecule has 3 rings (SSSR count). The van der Waals surface area contributed by atoms with E-state index in [0.717, 1.165) is 11.3 Å². The number of rotatable bonds is 3. The largest absolute Gasteiger partial charge is 0.464 e. The van der Waals surface area contributed by atoms with Crippen molar-refractivity contribution in [1.82, 2.24) is 4.98 Å². The van der Waals surface area contributed by atoms with Crippen LogP contribution in [0.2, 0.25) is 0 Å². The van der Waals surface area contributed by atoms with Gasteiger partial charge in [-0.15, -0.1) is 0 Å². The molecule has 0 aliphatic heterocycles. The molecule has 0 bridgehead atoms. The van der Waals surface area contributed by atoms with Gasteiger partial charge in [-0.05, 0) is 25.1 Å². The molecule has 4 heteroatoms. The predicted molar refractivity (Wildman–Crippen MR) is 80.6 cm³/mol. The number of hydrogen-bond acceptors (Lipinski definition) is 3. The lowest BCUT2D eigenvalue weighted by Gasteiger charge is -2.10. The van der Waals surface area contributed by atoms with Crippen molar-refractivity contribution in [2.75, 3.05) is 0 Å². The number of pyridine rings is 1. The van der Waals surface area contributed by atoms with E-state index in [2.05, 4.69) is 4.98 Å². The number of amides is 1. The fraction of sp³-hybridized carbons (Fsp3) is 0.0588. The first-order valence-corrected chi connectivity index (χ1v) is 6.57. The SMILES string of the molecule is Cc1nc(-c2ccccc2)cc(-c2ccco2)c1C(N)=O. The van der Waals surface area contributed by atoms with E-state index in [4.69, 9.17) is 10.2 Å². The molecule has 0 saturated heterocycles. The van der Waals surface area contributed by atoms with E-state index in [1.165, 1.54) is 0 Å². The lowest BCUT2D eigenvalue weighted by atomic mass is 10.00. The first kappa shape index (κ1) is 13.1. The normalized spacial score (nSPS) is 10.5. The van der Waals surface area contributed by atoms with E-state index in [0.29, 0.717) is 22.6 Å². The summed E-state index contributed by atoms with van der Waals surface area (Å²) in [5.74, 6) is 0.0949. The molecule has 104 valence electrons. The van der Waals surface area contributed by atoms with Crippen LogP contribution in [0, 0.1) is 6.92 Å². The summed E-state index contributed by atoms with van der Waals surface area (Å²) in [5, 5.41) is 0. The average Bonchev–Trinajstić information content (AvgIpc) is 3.01. The van der Waals surface area contributed by atoms with Crippen LogP contribution in [0.1, 0.15) is 16.1 Å². The van der Waals surface area contributed by atoms with Crippen LogP contribution in [0.3, 0.4) is 0 Å². The van der Waals surface area contributed by atoms with Crippen LogP contribution in [0.15, 0.2) is 59.2 Å². The van der Waals surface area contributed by atoms with Gasteiger partial charge in [-0.2, -0.15) is 0 Å². The third-order valence-corrected chi connectivity index (χ3v) is 3.30. The van der Waals surface area contributed by atoms with Crippen molar-refractivity contribution >= 4 is 5.91 Å². The molecule has 0 fully saturated rings. The Morgan fingerprint density at radius 3 is 2.52 bits per heavy atom. The smallest absolute Gasteiger partial charge is 0.251 e. The fourth-order valence-electron chi connectivity index (χ4n) is 2.37. The summed E-state index contributed by atoms with van der Waals surface area (Å²) in [6.45, 7) is 1.78. The maximum atomic E-state index is 11.7. The van der Waals surface area contributed by atoms with Crippen LogP contribution in [0.5, 0.6) is 0 Å². The number of primary amides is 1. The van der Waals surface area contributed by atoms with Crippen LogP contribution in [-0.2, 0) is 0 Å². The van der Waals surface area contributed by atoms with Crippen LogP contribution >= 0.6 is 0 Å². The molecule has 3 aromatic rings. The van der Waals surface area contributed by atoms with Gasteiger partial charge in [-0.1, -0.05) is 30.3 Å². The van der Waals surface area contributed by atoms with Crippen molar-refractivity contribution in [3.05, 3.63) is 66.1 Å². The average molecular weight is 278 g/mol. The third-order valence-electron chi connectivity index (χ3n) is 3.30. The maximum absolute atomic E-state index is 11.7. The zero-order valence-corrected chi connectivity index (χ0v) is 11.5. The van der Waals surface area contributed by atoms with E-state index in [-0.39, 0.29) is 0 Å². The number of aromatic nitrogens is 1. The lowest BCUT2D eigenvalue weighted by molar-refractivity contribution is 0.1000. The van der Waals surface area contributed by atoms with Crippen LogP contribution in [0.25, 0.3) is 22.6 Å². The monoisotopic (exact) mass is 278 g/mol. The molecule has 0 spiro atoms. The van der Waals surface area contributed by atoms with Gasteiger partial charge >= 0.3 is 0 Å². The second-order valence-electron chi connectivity index (χ2n) is 4.72. The number of carbonyl (C=O) groups excluding carboxylic acids is 1. The minimum absolute atomic E-state index is 0.393. The van der Waals surface area contributed by atoms with Gasteiger partial charge in [0.2, 0.25) is 0 Å². The zero-order chi connectivity index (χ0) is 14.8. The molecule has 0 saturated carbocycles. The van der Waals surface area contributed by atoms with Crippen molar-refractivity contribution in [3.8, 4) is 22.6 Å². The minimum Gasteiger partial charge on any atom is -0.464 e. The first-order valence-electron chi connectivity index (χ1n) is 6.57. The standard InChI is InChI=1S/C17H14N2O2/c1-11-16(17(18)20)13(15-8-5-9-21-15)10-14(19-11)12-6-3-2-4-7-12/h2-10H,1H3,(H2,18,20). The lowest BCUT2D eigenvalue weighted by Crippen LogP contribution is -2.15. The van der Waals surface area contributed by atoms with Gasteiger partial charge in [-0.25, -0.2) is 0 Å². The van der Waals surface area contributed by atoms with Crippen molar-refractivity contribution in [2.24, 2.45) is 5.73 Å². The minimum atomic E-state index is -0.508. The highest BCUT2D eigenvalue weighted by molar-refractivity contribution is 6.00. The molecule has 2 N–H and O–H groups in total. The molecule has 0 unspecified atom stereocenters. The Morgan fingerprint density at radius 1 is 1.14 bits per heavy atom. The Balaban J connectivity index is 2.25. The van der Waals surface area contributed by atoms with Crippen LogP contribution in [-0.4, -0.2) is 10.9 Å². The number of nitrogens with two attached hydrogens (primary N) is 1. The second-order valence-corrected chi connectivity index (χ2v) is 4.72. The summed E-state index contributed by atoms with van der Waals surface area (Å²) in [6.07, 6.45) is 1.57. The molecule has 1 amide bonds. The van der Waals surface area contributed by atoms with Crippen LogP contribution < -0.4 is 5.73 Å². The number of furan rings is 1. The van der Waals surface area contributed by atoms with Gasteiger partial charge in [0.05, 0.1) is 23.2 Å². The summed E-state index contributed by atoms with van der Waals surface area (Å²) >= 11 is 0. The molecule has 1 aromatic carbocycles. The molecule has 21 heavy (non-hydrogen) atoms. The summed E-state index contributed by atoms with van der Waals surface area (Å²) in [5.41, 5.74) is 8.90. The topological polar surface area (TPSA) is 69.1 Å². The molecular formula is C17H14N2O2. The highest BCUT2D eigenvalue weighted by atomic mass is 16.3. The maximum Gasteiger partial charge on any atom is 0.251 e. The Bertz CT molecular complexity index is 778. The number of aryl methyl sites for hydroxylation is 1. The van der Waals surface area contributed by atoms with Gasteiger partial charge < -0.3 is 10.2 Å². The second kappa shape index (κ2) is 5.25. The summed E-state index contributed by atoms with van der Waals surface area (Å²) < 4.78 is 5.42. The molecule has 0 aliphatic carbocycles. The Hall–Kier alpha value is -2.88. The summed E-state index contributed by atoms with van der Waals surface area (Å²) in [6, 6.07) is 15.2. The number of carbonyl (C=O) groups is 1. The Labute approximate surface area is 122 Å². The Kier molecular flexibility index (Phi) is 3.28. The fourth-order valence-corrected chi connectivity index (χ4v) is 2.37.